The molecular weight excluding hydrogens is 226 g/mol. The minimum atomic E-state index is -0.144. The van der Waals surface area contributed by atoms with E-state index in [9.17, 15) is 0 Å². The highest BCUT2D eigenvalue weighted by Gasteiger charge is 2.17. The summed E-state index contributed by atoms with van der Waals surface area (Å²) < 4.78 is 11.4. The molecule has 102 valence electrons. The van der Waals surface area contributed by atoms with Crippen molar-refractivity contribution in [3.63, 3.8) is 0 Å². The lowest BCUT2D eigenvalue weighted by Gasteiger charge is -2.25. The summed E-state index contributed by atoms with van der Waals surface area (Å²) in [5, 5.41) is 3.37. The number of hydrogen-bond acceptors (Lipinski definition) is 3. The van der Waals surface area contributed by atoms with Crippen LogP contribution in [0.1, 0.15) is 27.2 Å². The molecule has 0 spiro atoms. The largest absolute Gasteiger partial charge is 0.491 e. The number of benzene rings is 1. The van der Waals surface area contributed by atoms with Crippen molar-refractivity contribution in [1.82, 2.24) is 5.32 Å². The first-order valence-corrected chi connectivity index (χ1v) is 6.66. The molecule has 0 aliphatic heterocycles. The van der Waals surface area contributed by atoms with Crippen molar-refractivity contribution in [2.45, 2.75) is 32.8 Å². The van der Waals surface area contributed by atoms with E-state index in [0.717, 1.165) is 25.3 Å². The van der Waals surface area contributed by atoms with Crippen LogP contribution in [0.5, 0.6) is 5.75 Å². The van der Waals surface area contributed by atoms with Gasteiger partial charge in [-0.25, -0.2) is 0 Å². The van der Waals surface area contributed by atoms with Gasteiger partial charge in [0.1, 0.15) is 12.4 Å². The molecule has 0 aliphatic rings. The Bertz CT molecular complexity index is 312. The third-order valence-corrected chi connectivity index (χ3v) is 2.57. The highest BCUT2D eigenvalue weighted by atomic mass is 16.5. The van der Waals surface area contributed by atoms with Gasteiger partial charge in [-0.05, 0) is 38.9 Å². The molecule has 18 heavy (non-hydrogen) atoms. The van der Waals surface area contributed by atoms with Crippen LogP contribution in [0, 0.1) is 0 Å². The minimum Gasteiger partial charge on any atom is -0.491 e. The molecule has 0 bridgehead atoms. The smallest absolute Gasteiger partial charge is 0.119 e. The summed E-state index contributed by atoms with van der Waals surface area (Å²) in [6, 6.07) is 9.82. The summed E-state index contributed by atoms with van der Waals surface area (Å²) in [6.07, 6.45) is 1.15. The Hall–Kier alpha value is -1.06. The Morgan fingerprint density at radius 3 is 2.50 bits per heavy atom. The van der Waals surface area contributed by atoms with E-state index in [1.165, 1.54) is 0 Å². The van der Waals surface area contributed by atoms with Gasteiger partial charge in [0.25, 0.3) is 0 Å². The van der Waals surface area contributed by atoms with E-state index in [1.54, 1.807) is 0 Å². The Morgan fingerprint density at radius 2 is 1.83 bits per heavy atom. The molecule has 0 radical (unpaired) electrons. The second kappa shape index (κ2) is 8.11. The van der Waals surface area contributed by atoms with Crippen molar-refractivity contribution in [2.24, 2.45) is 0 Å². The maximum absolute atomic E-state index is 5.81. The molecule has 0 saturated carbocycles. The number of para-hydroxylation sites is 1. The monoisotopic (exact) mass is 251 g/mol. The number of rotatable bonds is 9. The number of hydrogen-bond donors (Lipinski definition) is 1. The molecule has 1 aromatic carbocycles. The average Bonchev–Trinajstić information content (AvgIpc) is 2.36. The normalized spacial score (nSPS) is 11.5. The zero-order valence-electron chi connectivity index (χ0n) is 11.7. The molecule has 0 unspecified atom stereocenters. The predicted molar refractivity (Wildman–Crippen MR) is 75.1 cm³/mol. The van der Waals surface area contributed by atoms with Crippen LogP contribution in [-0.2, 0) is 4.74 Å². The quantitative estimate of drug-likeness (QED) is 0.685. The van der Waals surface area contributed by atoms with Gasteiger partial charge in [0.05, 0.1) is 12.2 Å². The van der Waals surface area contributed by atoms with Gasteiger partial charge in [0.15, 0.2) is 0 Å². The maximum atomic E-state index is 5.81. The fourth-order valence-corrected chi connectivity index (χ4v) is 1.61. The topological polar surface area (TPSA) is 30.5 Å². The van der Waals surface area contributed by atoms with Gasteiger partial charge in [-0.3, -0.25) is 0 Å². The van der Waals surface area contributed by atoms with Crippen LogP contribution >= 0.6 is 0 Å². The molecule has 3 heteroatoms. The summed E-state index contributed by atoms with van der Waals surface area (Å²) >= 11 is 0. The van der Waals surface area contributed by atoms with Gasteiger partial charge < -0.3 is 14.8 Å². The zero-order valence-corrected chi connectivity index (χ0v) is 11.7. The van der Waals surface area contributed by atoms with E-state index < -0.39 is 0 Å². The summed E-state index contributed by atoms with van der Waals surface area (Å²) in [6.45, 7) is 9.45. The molecule has 0 aliphatic carbocycles. The first-order chi connectivity index (χ1) is 8.64. The van der Waals surface area contributed by atoms with Crippen molar-refractivity contribution < 1.29 is 9.47 Å². The molecule has 0 atom stereocenters. The van der Waals surface area contributed by atoms with Crippen LogP contribution in [0.2, 0.25) is 0 Å². The van der Waals surface area contributed by atoms with E-state index >= 15 is 0 Å². The van der Waals surface area contributed by atoms with Gasteiger partial charge >= 0.3 is 0 Å². The van der Waals surface area contributed by atoms with Gasteiger partial charge in [-0.15, -0.1) is 0 Å². The molecule has 1 N–H and O–H groups in total. The third kappa shape index (κ3) is 6.62. The predicted octanol–water partition coefficient (Wildman–Crippen LogP) is 2.86. The lowest BCUT2D eigenvalue weighted by Crippen LogP contribution is -2.38. The Kier molecular flexibility index (Phi) is 6.76. The molecule has 0 saturated heterocycles. The highest BCUT2D eigenvalue weighted by molar-refractivity contribution is 5.20. The molecule has 0 amide bonds. The van der Waals surface area contributed by atoms with Crippen LogP contribution in [0.4, 0.5) is 0 Å². The summed E-state index contributed by atoms with van der Waals surface area (Å²) in [7, 11) is 0. The third-order valence-electron chi connectivity index (χ3n) is 2.57. The summed E-state index contributed by atoms with van der Waals surface area (Å²) in [4.78, 5) is 0. The first kappa shape index (κ1) is 15.0. The molecule has 0 heterocycles. The first-order valence-electron chi connectivity index (χ1n) is 6.66. The lowest BCUT2D eigenvalue weighted by atomic mass is 10.1. The maximum Gasteiger partial charge on any atom is 0.119 e. The molecule has 0 fully saturated rings. The van der Waals surface area contributed by atoms with E-state index in [1.807, 2.05) is 30.3 Å². The molecule has 3 nitrogen and oxygen atoms in total. The summed E-state index contributed by atoms with van der Waals surface area (Å²) in [5.41, 5.74) is -0.144. The minimum absolute atomic E-state index is 0.144. The average molecular weight is 251 g/mol. The van der Waals surface area contributed by atoms with Gasteiger partial charge in [0, 0.05) is 6.54 Å². The van der Waals surface area contributed by atoms with Crippen molar-refractivity contribution in [3.8, 4) is 5.75 Å². The van der Waals surface area contributed by atoms with Gasteiger partial charge in [0.2, 0.25) is 0 Å². The van der Waals surface area contributed by atoms with Crippen LogP contribution in [0.25, 0.3) is 0 Å². The summed E-state index contributed by atoms with van der Waals surface area (Å²) in [5.74, 6) is 0.892. The Labute approximate surface area is 110 Å². The standard InChI is InChI=1S/C15H25NO2/c1-4-10-16-13-15(2,3)18-12-11-17-14-8-6-5-7-9-14/h5-9,16H,4,10-13H2,1-3H3. The van der Waals surface area contributed by atoms with Crippen LogP contribution in [0.15, 0.2) is 30.3 Å². The van der Waals surface area contributed by atoms with Crippen molar-refractivity contribution in [3.05, 3.63) is 30.3 Å². The Morgan fingerprint density at radius 1 is 1.11 bits per heavy atom. The SMILES string of the molecule is CCCNCC(C)(C)OCCOc1ccccc1. The zero-order chi connectivity index (χ0) is 13.3. The number of nitrogens with one attached hydrogen (secondary N) is 1. The molecule has 0 aromatic heterocycles. The van der Waals surface area contributed by atoms with E-state index in [4.69, 9.17) is 9.47 Å². The van der Waals surface area contributed by atoms with Crippen molar-refractivity contribution in [2.75, 3.05) is 26.3 Å². The highest BCUT2D eigenvalue weighted by Crippen LogP contribution is 2.10. The van der Waals surface area contributed by atoms with Gasteiger partial charge in [-0.2, -0.15) is 0 Å². The second-order valence-corrected chi connectivity index (χ2v) is 4.95. The van der Waals surface area contributed by atoms with Crippen LogP contribution in [-0.4, -0.2) is 31.9 Å². The number of ether oxygens (including phenoxy) is 2. The van der Waals surface area contributed by atoms with Gasteiger partial charge in [-0.1, -0.05) is 25.1 Å². The molecular formula is C15H25NO2. The van der Waals surface area contributed by atoms with Crippen molar-refractivity contribution in [1.29, 1.82) is 0 Å². The molecule has 1 rings (SSSR count). The van der Waals surface area contributed by atoms with E-state index in [2.05, 4.69) is 26.1 Å². The van der Waals surface area contributed by atoms with Crippen LogP contribution < -0.4 is 10.1 Å². The fourth-order valence-electron chi connectivity index (χ4n) is 1.61. The van der Waals surface area contributed by atoms with Crippen molar-refractivity contribution >= 4 is 0 Å². The second-order valence-electron chi connectivity index (χ2n) is 4.95. The Balaban J connectivity index is 2.13. The van der Waals surface area contributed by atoms with Crippen LogP contribution in [0.3, 0.4) is 0 Å². The lowest BCUT2D eigenvalue weighted by molar-refractivity contribution is -0.0281. The van der Waals surface area contributed by atoms with E-state index in [0.29, 0.717) is 13.2 Å². The molecule has 1 aromatic rings. The fraction of sp³-hybridized carbons (Fsp3) is 0.600. The van der Waals surface area contributed by atoms with E-state index in [-0.39, 0.29) is 5.60 Å².